The van der Waals surface area contributed by atoms with Crippen LogP contribution >= 0.6 is 12.2 Å². The first kappa shape index (κ1) is 9.09. The number of rotatable bonds is 5. The highest BCUT2D eigenvalue weighted by Crippen LogP contribution is 2.39. The molecule has 1 amide bonds. The van der Waals surface area contributed by atoms with E-state index in [0.717, 1.165) is 31.5 Å². The van der Waals surface area contributed by atoms with Crippen molar-refractivity contribution in [3.05, 3.63) is 12.7 Å². The average molecular weight is 199 g/mol. The average Bonchev–Trinajstić information content (AvgIpc) is 3.00. The van der Waals surface area contributed by atoms with Gasteiger partial charge in [-0.25, -0.2) is 0 Å². The van der Waals surface area contributed by atoms with Crippen molar-refractivity contribution in [1.29, 1.82) is 0 Å². The highest BCUT2D eigenvalue weighted by Gasteiger charge is 2.40. The summed E-state index contributed by atoms with van der Waals surface area (Å²) >= 11 is 1.08. The van der Waals surface area contributed by atoms with Gasteiger partial charge in [0.05, 0.1) is 6.10 Å². The van der Waals surface area contributed by atoms with Crippen LogP contribution in [0.4, 0.5) is 0 Å². The fourth-order valence-electron chi connectivity index (χ4n) is 1.15. The smallest absolute Gasteiger partial charge is 0.235 e. The van der Waals surface area contributed by atoms with Crippen molar-refractivity contribution in [3.8, 4) is 0 Å². The number of amides is 1. The molecule has 4 heteroatoms. The molecule has 0 aromatic heterocycles. The topological polar surface area (TPSA) is 38.3 Å². The molecule has 0 aromatic carbocycles. The summed E-state index contributed by atoms with van der Waals surface area (Å²) in [5, 5.41) is 0. The predicted molar refractivity (Wildman–Crippen MR) is 51.6 cm³/mol. The van der Waals surface area contributed by atoms with Crippen LogP contribution in [-0.2, 0) is 8.98 Å². The molecule has 0 spiro atoms. The van der Waals surface area contributed by atoms with Gasteiger partial charge in [-0.2, -0.15) is 0 Å². The summed E-state index contributed by atoms with van der Waals surface area (Å²) in [7, 11) is 0. The summed E-state index contributed by atoms with van der Waals surface area (Å²) in [6, 6.07) is 0. The number of allylic oxidation sites excluding steroid dienone is 1. The SMILES string of the molecule is C=C[C@@H]1C[C@@H]1C(=O)NSOC1CC1. The zero-order valence-corrected chi connectivity index (χ0v) is 8.18. The molecule has 2 atom stereocenters. The van der Waals surface area contributed by atoms with Crippen LogP contribution in [0.5, 0.6) is 0 Å². The third-order valence-electron chi connectivity index (χ3n) is 2.33. The molecule has 2 rings (SSSR count). The first-order valence-corrected chi connectivity index (χ1v) is 5.30. The Hall–Kier alpha value is -0.480. The molecule has 72 valence electrons. The number of hydrogen-bond acceptors (Lipinski definition) is 3. The third-order valence-corrected chi connectivity index (χ3v) is 2.98. The number of carbonyl (C=O) groups excluding carboxylic acids is 1. The van der Waals surface area contributed by atoms with Crippen molar-refractivity contribution >= 4 is 18.1 Å². The molecular formula is C9H13NO2S. The standard InChI is InChI=1S/C9H13NO2S/c1-2-6-5-8(6)9(11)10-13-12-7-3-4-7/h2,6-8H,1,3-5H2,(H,10,11)/t6-,8+/m1/s1. The van der Waals surface area contributed by atoms with Crippen LogP contribution in [-0.4, -0.2) is 12.0 Å². The molecule has 0 heterocycles. The lowest BCUT2D eigenvalue weighted by Crippen LogP contribution is -2.18. The molecule has 0 radical (unpaired) electrons. The second-order valence-electron chi connectivity index (χ2n) is 3.59. The van der Waals surface area contributed by atoms with Gasteiger partial charge in [-0.05, 0) is 25.2 Å². The molecule has 0 bridgehead atoms. The first-order valence-electron chi connectivity index (χ1n) is 4.56. The molecule has 3 nitrogen and oxygen atoms in total. The van der Waals surface area contributed by atoms with E-state index in [1.54, 1.807) is 0 Å². The highest BCUT2D eigenvalue weighted by molar-refractivity contribution is 7.93. The van der Waals surface area contributed by atoms with Gasteiger partial charge in [-0.3, -0.25) is 13.7 Å². The molecule has 0 saturated heterocycles. The molecular weight excluding hydrogens is 186 g/mol. The molecule has 0 aromatic rings. The van der Waals surface area contributed by atoms with Gasteiger partial charge >= 0.3 is 0 Å². The zero-order valence-electron chi connectivity index (χ0n) is 7.36. The lowest BCUT2D eigenvalue weighted by atomic mass is 10.3. The van der Waals surface area contributed by atoms with Crippen molar-refractivity contribution < 1.29 is 8.98 Å². The Morgan fingerprint density at radius 3 is 2.92 bits per heavy atom. The number of carbonyl (C=O) groups is 1. The van der Waals surface area contributed by atoms with Gasteiger partial charge in [-0.15, -0.1) is 6.58 Å². The Morgan fingerprint density at radius 2 is 2.38 bits per heavy atom. The molecule has 0 aliphatic heterocycles. The van der Waals surface area contributed by atoms with Gasteiger partial charge in [0.15, 0.2) is 0 Å². The summed E-state index contributed by atoms with van der Waals surface area (Å²) < 4.78 is 7.92. The lowest BCUT2D eigenvalue weighted by Gasteiger charge is -2.01. The highest BCUT2D eigenvalue weighted by atomic mass is 32.2. The Kier molecular flexibility index (Phi) is 2.60. The van der Waals surface area contributed by atoms with E-state index in [9.17, 15) is 4.79 Å². The van der Waals surface area contributed by atoms with E-state index in [1.165, 1.54) is 0 Å². The largest absolute Gasteiger partial charge is 0.293 e. The second kappa shape index (κ2) is 3.72. The zero-order chi connectivity index (χ0) is 9.26. The van der Waals surface area contributed by atoms with E-state index in [4.69, 9.17) is 4.18 Å². The molecule has 1 N–H and O–H groups in total. The molecule has 13 heavy (non-hydrogen) atoms. The molecule has 2 aliphatic rings. The van der Waals surface area contributed by atoms with Gasteiger partial charge in [0.25, 0.3) is 0 Å². The minimum atomic E-state index is 0.0792. The van der Waals surface area contributed by atoms with Crippen LogP contribution in [0.25, 0.3) is 0 Å². The Balaban J connectivity index is 1.58. The van der Waals surface area contributed by atoms with Crippen molar-refractivity contribution in [3.63, 3.8) is 0 Å². The van der Waals surface area contributed by atoms with Crippen molar-refractivity contribution in [2.75, 3.05) is 0 Å². The summed E-state index contributed by atoms with van der Waals surface area (Å²) in [6.07, 6.45) is 5.42. The van der Waals surface area contributed by atoms with Gasteiger partial charge in [0.2, 0.25) is 5.91 Å². The molecule has 0 unspecified atom stereocenters. The quantitative estimate of drug-likeness (QED) is 0.416. The summed E-state index contributed by atoms with van der Waals surface area (Å²) in [6.45, 7) is 3.66. The van der Waals surface area contributed by atoms with E-state index in [1.807, 2.05) is 6.08 Å². The van der Waals surface area contributed by atoms with Crippen LogP contribution in [0, 0.1) is 11.8 Å². The van der Waals surface area contributed by atoms with Gasteiger partial charge in [0, 0.05) is 5.92 Å². The first-order chi connectivity index (χ1) is 6.31. The van der Waals surface area contributed by atoms with Crippen molar-refractivity contribution in [2.45, 2.75) is 25.4 Å². The van der Waals surface area contributed by atoms with Gasteiger partial charge in [-0.1, -0.05) is 6.08 Å². The summed E-state index contributed by atoms with van der Waals surface area (Å²) in [5.41, 5.74) is 0. The number of nitrogens with one attached hydrogen (secondary N) is 1. The van der Waals surface area contributed by atoms with E-state index in [2.05, 4.69) is 11.3 Å². The fourth-order valence-corrected chi connectivity index (χ4v) is 1.76. The number of hydrogen-bond donors (Lipinski definition) is 1. The maximum Gasteiger partial charge on any atom is 0.235 e. The Morgan fingerprint density at radius 1 is 1.62 bits per heavy atom. The van der Waals surface area contributed by atoms with Crippen LogP contribution in [0.3, 0.4) is 0 Å². The minimum Gasteiger partial charge on any atom is -0.293 e. The van der Waals surface area contributed by atoms with Gasteiger partial charge < -0.3 is 0 Å². The van der Waals surface area contributed by atoms with Crippen LogP contribution < -0.4 is 4.72 Å². The second-order valence-corrected chi connectivity index (χ2v) is 4.15. The summed E-state index contributed by atoms with van der Waals surface area (Å²) in [4.78, 5) is 11.3. The van der Waals surface area contributed by atoms with Crippen LogP contribution in [0.2, 0.25) is 0 Å². The maximum atomic E-state index is 11.3. The van der Waals surface area contributed by atoms with Crippen LogP contribution in [0.15, 0.2) is 12.7 Å². The minimum absolute atomic E-state index is 0.0792. The summed E-state index contributed by atoms with van der Waals surface area (Å²) in [5.74, 6) is 0.616. The van der Waals surface area contributed by atoms with E-state index in [-0.39, 0.29) is 11.8 Å². The van der Waals surface area contributed by atoms with Gasteiger partial charge in [0.1, 0.15) is 12.2 Å². The maximum absolute atomic E-state index is 11.3. The normalized spacial score (nSPS) is 31.1. The lowest BCUT2D eigenvalue weighted by molar-refractivity contribution is -0.120. The van der Waals surface area contributed by atoms with Crippen molar-refractivity contribution in [1.82, 2.24) is 4.72 Å². The van der Waals surface area contributed by atoms with E-state index in [0.29, 0.717) is 12.0 Å². The molecule has 2 fully saturated rings. The van der Waals surface area contributed by atoms with E-state index < -0.39 is 0 Å². The monoisotopic (exact) mass is 199 g/mol. The van der Waals surface area contributed by atoms with E-state index >= 15 is 0 Å². The predicted octanol–water partition coefficient (Wildman–Crippen LogP) is 1.67. The third kappa shape index (κ3) is 2.48. The van der Waals surface area contributed by atoms with Crippen molar-refractivity contribution in [2.24, 2.45) is 11.8 Å². The Labute approximate surface area is 82.2 Å². The van der Waals surface area contributed by atoms with Crippen LogP contribution in [0.1, 0.15) is 19.3 Å². The Bertz CT molecular complexity index is 228. The fraction of sp³-hybridized carbons (Fsp3) is 0.667. The molecule has 2 saturated carbocycles. The molecule has 2 aliphatic carbocycles.